The van der Waals surface area contributed by atoms with E-state index in [1.54, 1.807) is 11.0 Å². The van der Waals surface area contributed by atoms with Crippen LogP contribution in [0.3, 0.4) is 0 Å². The smallest absolute Gasteiger partial charge is 0.137 e. The second-order valence-corrected chi connectivity index (χ2v) is 6.09. The summed E-state index contributed by atoms with van der Waals surface area (Å²) in [7, 11) is 0. The molecule has 0 fully saturated rings. The topological polar surface area (TPSA) is 63.7 Å². The lowest BCUT2D eigenvalue weighted by Gasteiger charge is -2.29. The Bertz CT molecular complexity index is 648. The fourth-order valence-corrected chi connectivity index (χ4v) is 2.92. The van der Waals surface area contributed by atoms with Crippen molar-refractivity contribution in [1.29, 1.82) is 5.26 Å². The molecule has 1 atom stereocenters. The van der Waals surface area contributed by atoms with Crippen molar-refractivity contribution in [3.63, 3.8) is 0 Å². The van der Waals surface area contributed by atoms with Crippen LogP contribution in [-0.2, 0) is 12.0 Å². The molecule has 2 rings (SSSR count). The molecule has 0 bridgehead atoms. The molecule has 0 spiro atoms. The van der Waals surface area contributed by atoms with Gasteiger partial charge in [0.2, 0.25) is 0 Å². The van der Waals surface area contributed by atoms with Gasteiger partial charge in [-0.2, -0.15) is 10.4 Å². The summed E-state index contributed by atoms with van der Waals surface area (Å²) in [6.45, 7) is 5.39. The van der Waals surface area contributed by atoms with E-state index in [0.717, 1.165) is 43.4 Å². The largest absolute Gasteiger partial charge is 0.493 e. The first-order valence-corrected chi connectivity index (χ1v) is 8.71. The van der Waals surface area contributed by atoms with Gasteiger partial charge in [-0.05, 0) is 18.9 Å². The molecule has 1 aromatic heterocycles. The quantitative estimate of drug-likeness (QED) is 0.616. The van der Waals surface area contributed by atoms with Gasteiger partial charge in [-0.25, -0.2) is 4.98 Å². The van der Waals surface area contributed by atoms with E-state index in [-0.39, 0.29) is 0 Å². The summed E-state index contributed by atoms with van der Waals surface area (Å²) in [6, 6.07) is 10.5. The molecule has 0 amide bonds. The maximum Gasteiger partial charge on any atom is 0.137 e. The number of nitrogens with zero attached hydrogens (tertiary/aromatic N) is 4. The Morgan fingerprint density at radius 2 is 2.04 bits per heavy atom. The Morgan fingerprint density at radius 3 is 2.71 bits per heavy atom. The summed E-state index contributed by atoms with van der Waals surface area (Å²) in [5, 5.41) is 14.3. The molecular formula is C19H26N4O. The molecule has 0 saturated heterocycles. The molecule has 5 heteroatoms. The molecule has 0 saturated carbocycles. The first-order chi connectivity index (χ1) is 11.8. The Morgan fingerprint density at radius 1 is 1.21 bits per heavy atom. The van der Waals surface area contributed by atoms with Gasteiger partial charge in [-0.15, -0.1) is 0 Å². The van der Waals surface area contributed by atoms with Gasteiger partial charge in [-0.1, -0.05) is 51.3 Å². The second kappa shape index (κ2) is 9.07. The highest BCUT2D eigenvalue weighted by atomic mass is 16.5. The first-order valence-electron chi connectivity index (χ1n) is 8.71. The minimum absolute atomic E-state index is 0.486. The van der Waals surface area contributed by atoms with Crippen LogP contribution in [0.2, 0.25) is 0 Å². The first kappa shape index (κ1) is 18.0. The summed E-state index contributed by atoms with van der Waals surface area (Å²) in [5.41, 5.74) is 0.292. The minimum Gasteiger partial charge on any atom is -0.493 e. The van der Waals surface area contributed by atoms with Crippen molar-refractivity contribution in [1.82, 2.24) is 14.8 Å². The van der Waals surface area contributed by atoms with E-state index in [1.165, 1.54) is 6.33 Å². The third kappa shape index (κ3) is 4.35. The average Bonchev–Trinajstić information content (AvgIpc) is 3.12. The minimum atomic E-state index is -0.660. The van der Waals surface area contributed by atoms with E-state index in [2.05, 4.69) is 30.0 Å². The second-order valence-electron chi connectivity index (χ2n) is 6.09. The molecule has 0 aliphatic rings. The molecule has 24 heavy (non-hydrogen) atoms. The lowest BCUT2D eigenvalue weighted by Crippen LogP contribution is -2.31. The summed E-state index contributed by atoms with van der Waals surface area (Å²) >= 11 is 0. The predicted molar refractivity (Wildman–Crippen MR) is 93.7 cm³/mol. The molecule has 2 aromatic rings. The Hall–Kier alpha value is -2.35. The highest BCUT2D eigenvalue weighted by molar-refractivity contribution is 5.43. The third-order valence-corrected chi connectivity index (χ3v) is 4.18. The van der Waals surface area contributed by atoms with E-state index in [4.69, 9.17) is 4.74 Å². The van der Waals surface area contributed by atoms with Crippen molar-refractivity contribution in [2.75, 3.05) is 6.61 Å². The van der Waals surface area contributed by atoms with E-state index in [1.807, 2.05) is 24.3 Å². The lowest BCUT2D eigenvalue weighted by atomic mass is 9.77. The van der Waals surface area contributed by atoms with Gasteiger partial charge in [0, 0.05) is 5.56 Å². The summed E-state index contributed by atoms with van der Waals surface area (Å²) in [6.07, 6.45) is 8.13. The molecular weight excluding hydrogens is 300 g/mol. The van der Waals surface area contributed by atoms with Crippen molar-refractivity contribution in [3.05, 3.63) is 42.5 Å². The van der Waals surface area contributed by atoms with Gasteiger partial charge in [-0.3, -0.25) is 4.68 Å². The number of rotatable bonds is 10. The van der Waals surface area contributed by atoms with Crippen LogP contribution in [-0.4, -0.2) is 21.4 Å². The number of hydrogen-bond donors (Lipinski definition) is 0. The van der Waals surface area contributed by atoms with Gasteiger partial charge < -0.3 is 4.74 Å². The van der Waals surface area contributed by atoms with E-state index >= 15 is 0 Å². The molecule has 1 heterocycles. The summed E-state index contributed by atoms with van der Waals surface area (Å²) in [5.74, 6) is 0.803. The van der Waals surface area contributed by atoms with Crippen LogP contribution < -0.4 is 4.74 Å². The van der Waals surface area contributed by atoms with E-state index in [9.17, 15) is 5.26 Å². The third-order valence-electron chi connectivity index (χ3n) is 4.18. The molecule has 1 aromatic carbocycles. The monoisotopic (exact) mass is 326 g/mol. The molecule has 128 valence electrons. The van der Waals surface area contributed by atoms with Crippen LogP contribution in [0.1, 0.15) is 51.5 Å². The normalized spacial score (nSPS) is 13.2. The van der Waals surface area contributed by atoms with Crippen molar-refractivity contribution in [3.8, 4) is 11.8 Å². The van der Waals surface area contributed by atoms with Gasteiger partial charge in [0.15, 0.2) is 0 Å². The van der Waals surface area contributed by atoms with Crippen molar-refractivity contribution in [2.45, 2.75) is 57.9 Å². The van der Waals surface area contributed by atoms with Gasteiger partial charge in [0.1, 0.15) is 23.8 Å². The standard InChI is InChI=1S/C19H26N4O/c1-3-5-8-11-19(13-20,14-23-16-21-15-22-23)17-9-6-7-10-18(17)24-12-4-2/h6-7,9-10,15-16H,3-5,8,11-12,14H2,1-2H3. The fraction of sp³-hybridized carbons (Fsp3) is 0.526. The van der Waals surface area contributed by atoms with Crippen LogP contribution in [0.4, 0.5) is 0 Å². The van der Waals surface area contributed by atoms with Crippen LogP contribution in [0.25, 0.3) is 0 Å². The van der Waals surface area contributed by atoms with Crippen molar-refractivity contribution in [2.24, 2.45) is 0 Å². The zero-order valence-electron chi connectivity index (χ0n) is 14.6. The summed E-state index contributed by atoms with van der Waals surface area (Å²) < 4.78 is 7.67. The van der Waals surface area contributed by atoms with E-state index in [0.29, 0.717) is 13.2 Å². The summed E-state index contributed by atoms with van der Waals surface area (Å²) in [4.78, 5) is 4.01. The number of nitriles is 1. The van der Waals surface area contributed by atoms with Gasteiger partial charge >= 0.3 is 0 Å². The average molecular weight is 326 g/mol. The predicted octanol–water partition coefficient (Wildman–Crippen LogP) is 4.11. The molecule has 0 radical (unpaired) electrons. The zero-order chi connectivity index (χ0) is 17.3. The zero-order valence-corrected chi connectivity index (χ0v) is 14.6. The SMILES string of the molecule is CCCCCC(C#N)(Cn1cncn1)c1ccccc1OCCC. The number of para-hydroxylation sites is 1. The lowest BCUT2D eigenvalue weighted by molar-refractivity contribution is 0.299. The van der Waals surface area contributed by atoms with Crippen LogP contribution in [0.15, 0.2) is 36.9 Å². The number of ether oxygens (including phenoxy) is 1. The molecule has 0 aliphatic carbocycles. The maximum atomic E-state index is 10.1. The highest BCUT2D eigenvalue weighted by Crippen LogP contribution is 2.37. The fourth-order valence-electron chi connectivity index (χ4n) is 2.92. The highest BCUT2D eigenvalue weighted by Gasteiger charge is 2.35. The van der Waals surface area contributed by atoms with Crippen molar-refractivity contribution < 1.29 is 4.74 Å². The maximum absolute atomic E-state index is 10.1. The van der Waals surface area contributed by atoms with Crippen LogP contribution in [0.5, 0.6) is 5.75 Å². The molecule has 1 unspecified atom stereocenters. The number of hydrogen-bond acceptors (Lipinski definition) is 4. The Kier molecular flexibility index (Phi) is 6.80. The van der Waals surface area contributed by atoms with Gasteiger partial charge in [0.05, 0.1) is 19.2 Å². The molecule has 5 nitrogen and oxygen atoms in total. The van der Waals surface area contributed by atoms with Crippen LogP contribution in [0, 0.1) is 11.3 Å². The Labute approximate surface area is 144 Å². The van der Waals surface area contributed by atoms with E-state index < -0.39 is 5.41 Å². The molecule has 0 aliphatic heterocycles. The number of unbranched alkanes of at least 4 members (excludes halogenated alkanes) is 2. The molecule has 0 N–H and O–H groups in total. The van der Waals surface area contributed by atoms with Gasteiger partial charge in [0.25, 0.3) is 0 Å². The Balaban J connectivity index is 2.38. The van der Waals surface area contributed by atoms with Crippen LogP contribution >= 0.6 is 0 Å². The number of aromatic nitrogens is 3. The number of benzene rings is 1. The van der Waals surface area contributed by atoms with Crippen molar-refractivity contribution >= 4 is 0 Å².